The number of aromatic nitrogens is 2. The highest BCUT2D eigenvalue weighted by Gasteiger charge is 2.13. The van der Waals surface area contributed by atoms with Gasteiger partial charge in [-0.25, -0.2) is 9.97 Å². The van der Waals surface area contributed by atoms with Gasteiger partial charge in [0.15, 0.2) is 11.6 Å². The first-order chi connectivity index (χ1) is 10.5. The summed E-state index contributed by atoms with van der Waals surface area (Å²) in [5.74, 6) is 1.34. The molecule has 0 aliphatic rings. The molecule has 5 nitrogen and oxygen atoms in total. The quantitative estimate of drug-likeness (QED) is 0.842. The first-order valence-electron chi connectivity index (χ1n) is 7.38. The van der Waals surface area contributed by atoms with Gasteiger partial charge in [0.05, 0.1) is 0 Å². The van der Waals surface area contributed by atoms with Gasteiger partial charge >= 0.3 is 0 Å². The first-order valence-corrected chi connectivity index (χ1v) is 7.76. The fraction of sp³-hybridized carbons (Fsp3) is 0.375. The van der Waals surface area contributed by atoms with Gasteiger partial charge in [0, 0.05) is 24.3 Å². The Morgan fingerprint density at radius 3 is 2.82 bits per heavy atom. The van der Waals surface area contributed by atoms with Crippen LogP contribution >= 0.6 is 11.6 Å². The lowest BCUT2D eigenvalue weighted by Crippen LogP contribution is -2.21. The van der Waals surface area contributed by atoms with E-state index in [1.165, 1.54) is 6.33 Å². The SMILES string of the molecule is CCCCN(C)c1ncnc(Nc2cccc(Cl)c2C)c1N. The summed E-state index contributed by atoms with van der Waals surface area (Å²) in [7, 11) is 1.99. The molecule has 0 bridgehead atoms. The Kier molecular flexibility index (Phi) is 5.44. The fourth-order valence-electron chi connectivity index (χ4n) is 2.16. The minimum Gasteiger partial charge on any atom is -0.393 e. The van der Waals surface area contributed by atoms with E-state index in [2.05, 4.69) is 27.1 Å². The van der Waals surface area contributed by atoms with Crippen LogP contribution in [0.4, 0.5) is 23.0 Å². The summed E-state index contributed by atoms with van der Waals surface area (Å²) in [6, 6.07) is 5.70. The molecule has 0 saturated heterocycles. The number of hydrogen-bond donors (Lipinski definition) is 2. The molecule has 0 amide bonds. The molecular weight excluding hydrogens is 298 g/mol. The van der Waals surface area contributed by atoms with Crippen molar-refractivity contribution in [3.63, 3.8) is 0 Å². The number of anilines is 4. The highest BCUT2D eigenvalue weighted by molar-refractivity contribution is 6.31. The van der Waals surface area contributed by atoms with Crippen molar-refractivity contribution < 1.29 is 0 Å². The van der Waals surface area contributed by atoms with Crippen molar-refractivity contribution in [3.8, 4) is 0 Å². The number of nitrogens with zero attached hydrogens (tertiary/aromatic N) is 3. The van der Waals surface area contributed by atoms with Crippen LogP contribution in [0.25, 0.3) is 0 Å². The Balaban J connectivity index is 2.27. The Labute approximate surface area is 136 Å². The van der Waals surface area contributed by atoms with E-state index < -0.39 is 0 Å². The number of unbranched alkanes of at least 4 members (excludes halogenated alkanes) is 1. The molecule has 0 radical (unpaired) electrons. The molecule has 22 heavy (non-hydrogen) atoms. The number of nitrogen functional groups attached to an aromatic ring is 1. The predicted octanol–water partition coefficient (Wildman–Crippen LogP) is 4.00. The molecule has 0 fully saturated rings. The summed E-state index contributed by atoms with van der Waals surface area (Å²) in [6.07, 6.45) is 3.74. The lowest BCUT2D eigenvalue weighted by atomic mass is 10.2. The van der Waals surface area contributed by atoms with Crippen LogP contribution in [0.15, 0.2) is 24.5 Å². The van der Waals surface area contributed by atoms with Crippen molar-refractivity contribution in [2.45, 2.75) is 26.7 Å². The van der Waals surface area contributed by atoms with Crippen molar-refractivity contribution in [1.29, 1.82) is 0 Å². The summed E-state index contributed by atoms with van der Waals surface area (Å²) in [4.78, 5) is 10.6. The summed E-state index contributed by atoms with van der Waals surface area (Å²) in [5, 5.41) is 3.95. The molecule has 0 unspecified atom stereocenters. The fourth-order valence-corrected chi connectivity index (χ4v) is 2.34. The molecule has 0 atom stereocenters. The molecular formula is C16H22ClN5. The third-order valence-corrected chi connectivity index (χ3v) is 4.00. The maximum Gasteiger partial charge on any atom is 0.159 e. The molecule has 0 aliphatic heterocycles. The number of benzene rings is 1. The van der Waals surface area contributed by atoms with Gasteiger partial charge in [0.25, 0.3) is 0 Å². The van der Waals surface area contributed by atoms with Crippen LogP contribution in [0.5, 0.6) is 0 Å². The zero-order valence-electron chi connectivity index (χ0n) is 13.2. The zero-order chi connectivity index (χ0) is 16.1. The molecule has 2 aromatic rings. The van der Waals surface area contributed by atoms with E-state index in [1.54, 1.807) is 0 Å². The van der Waals surface area contributed by atoms with E-state index in [1.807, 2.05) is 32.2 Å². The number of hydrogen-bond acceptors (Lipinski definition) is 5. The van der Waals surface area contributed by atoms with Gasteiger partial charge in [0.2, 0.25) is 0 Å². The van der Waals surface area contributed by atoms with Crippen molar-refractivity contribution in [2.24, 2.45) is 0 Å². The minimum absolute atomic E-state index is 0.542. The zero-order valence-corrected chi connectivity index (χ0v) is 14.0. The molecule has 1 heterocycles. The summed E-state index contributed by atoms with van der Waals surface area (Å²) in [5.41, 5.74) is 8.62. The lowest BCUT2D eigenvalue weighted by Gasteiger charge is -2.21. The molecule has 0 aliphatic carbocycles. The molecule has 6 heteroatoms. The smallest absolute Gasteiger partial charge is 0.159 e. The van der Waals surface area contributed by atoms with Crippen LogP contribution in [-0.2, 0) is 0 Å². The maximum absolute atomic E-state index is 6.23. The Bertz CT molecular complexity index is 644. The molecule has 0 saturated carbocycles. The minimum atomic E-state index is 0.542. The number of halogens is 1. The van der Waals surface area contributed by atoms with E-state index in [0.29, 0.717) is 16.5 Å². The Morgan fingerprint density at radius 2 is 2.09 bits per heavy atom. The van der Waals surface area contributed by atoms with Crippen LogP contribution in [0.3, 0.4) is 0 Å². The average molecular weight is 320 g/mol. The van der Waals surface area contributed by atoms with E-state index in [9.17, 15) is 0 Å². The van der Waals surface area contributed by atoms with Crippen molar-refractivity contribution in [2.75, 3.05) is 29.5 Å². The molecule has 118 valence electrons. The normalized spacial score (nSPS) is 10.5. The second kappa shape index (κ2) is 7.31. The highest BCUT2D eigenvalue weighted by atomic mass is 35.5. The van der Waals surface area contributed by atoms with Gasteiger partial charge in [-0.3, -0.25) is 0 Å². The highest BCUT2D eigenvalue weighted by Crippen LogP contribution is 2.31. The molecule has 2 rings (SSSR count). The van der Waals surface area contributed by atoms with Crippen LogP contribution in [0.1, 0.15) is 25.3 Å². The summed E-state index contributed by atoms with van der Waals surface area (Å²) in [6.45, 7) is 5.02. The van der Waals surface area contributed by atoms with Crippen LogP contribution in [0, 0.1) is 6.92 Å². The standard InChI is InChI=1S/C16H22ClN5/c1-4-5-9-22(3)16-14(18)15(19-10-20-16)21-13-8-6-7-12(17)11(13)2/h6-8,10H,4-5,9,18H2,1-3H3,(H,19,20,21). The van der Waals surface area contributed by atoms with E-state index in [-0.39, 0.29) is 0 Å². The van der Waals surface area contributed by atoms with Gasteiger partial charge in [-0.2, -0.15) is 0 Å². The van der Waals surface area contributed by atoms with Gasteiger partial charge in [0.1, 0.15) is 12.0 Å². The largest absolute Gasteiger partial charge is 0.393 e. The number of rotatable bonds is 6. The van der Waals surface area contributed by atoms with Gasteiger partial charge < -0.3 is 16.0 Å². The third-order valence-electron chi connectivity index (χ3n) is 3.59. The van der Waals surface area contributed by atoms with Crippen molar-refractivity contribution in [1.82, 2.24) is 9.97 Å². The Hall–Kier alpha value is -2.01. The monoisotopic (exact) mass is 319 g/mol. The van der Waals surface area contributed by atoms with Crippen molar-refractivity contribution in [3.05, 3.63) is 35.1 Å². The molecule has 1 aromatic carbocycles. The second-order valence-electron chi connectivity index (χ2n) is 5.27. The van der Waals surface area contributed by atoms with Crippen molar-refractivity contribution >= 4 is 34.6 Å². The van der Waals surface area contributed by atoms with E-state index >= 15 is 0 Å². The summed E-state index contributed by atoms with van der Waals surface area (Å²) >= 11 is 6.15. The van der Waals surface area contributed by atoms with Crippen LogP contribution in [0.2, 0.25) is 5.02 Å². The maximum atomic E-state index is 6.23. The predicted molar refractivity (Wildman–Crippen MR) is 94.1 cm³/mol. The molecule has 1 aromatic heterocycles. The number of nitrogens with two attached hydrogens (primary N) is 1. The lowest BCUT2D eigenvalue weighted by molar-refractivity contribution is 0.759. The van der Waals surface area contributed by atoms with Gasteiger partial charge in [-0.15, -0.1) is 0 Å². The van der Waals surface area contributed by atoms with Gasteiger partial charge in [-0.05, 0) is 31.0 Å². The van der Waals surface area contributed by atoms with E-state index in [0.717, 1.165) is 36.5 Å². The summed E-state index contributed by atoms with van der Waals surface area (Å²) < 4.78 is 0. The molecule has 3 N–H and O–H groups in total. The topological polar surface area (TPSA) is 67.1 Å². The average Bonchev–Trinajstić information content (AvgIpc) is 2.51. The molecule has 0 spiro atoms. The Morgan fingerprint density at radius 1 is 1.32 bits per heavy atom. The first kappa shape index (κ1) is 16.4. The van der Waals surface area contributed by atoms with Crippen LogP contribution in [-0.4, -0.2) is 23.6 Å². The number of nitrogens with one attached hydrogen (secondary N) is 1. The second-order valence-corrected chi connectivity index (χ2v) is 5.68. The van der Waals surface area contributed by atoms with Gasteiger partial charge in [-0.1, -0.05) is 31.0 Å². The third kappa shape index (κ3) is 3.60. The van der Waals surface area contributed by atoms with Crippen LogP contribution < -0.4 is 16.0 Å². The van der Waals surface area contributed by atoms with E-state index in [4.69, 9.17) is 17.3 Å².